The minimum absolute atomic E-state index is 0.233. The van der Waals surface area contributed by atoms with Gasteiger partial charge in [-0.25, -0.2) is 9.56 Å². The average molecular weight is 539 g/mol. The van der Waals surface area contributed by atoms with E-state index < -0.39 is 0 Å². The Hall–Kier alpha value is -3.00. The van der Waals surface area contributed by atoms with Crippen LogP contribution in [-0.2, 0) is 11.8 Å². The highest BCUT2D eigenvalue weighted by Gasteiger charge is 2.22. The lowest BCUT2D eigenvalue weighted by atomic mass is 10.0. The summed E-state index contributed by atoms with van der Waals surface area (Å²) in [5, 5.41) is 2.93. The molecule has 1 amide bonds. The molecule has 1 N–H and O–H groups in total. The molecule has 1 aliphatic heterocycles. The number of aromatic nitrogens is 3. The van der Waals surface area contributed by atoms with Gasteiger partial charge in [0.15, 0.2) is 6.21 Å². The fraction of sp³-hybridized carbons (Fsp3) is 0.407. The molecule has 2 aromatic heterocycles. The Bertz CT molecular complexity index is 1300. The second-order valence-electron chi connectivity index (χ2n) is 9.13. The maximum Gasteiger partial charge on any atom is 0.258 e. The number of hydrogen-bond donors (Lipinski definition) is 1. The van der Waals surface area contributed by atoms with Gasteiger partial charge in [-0.3, -0.25) is 15.1 Å². The molecule has 3 heterocycles. The normalized spacial score (nSPS) is 15.5. The van der Waals surface area contributed by atoms with E-state index in [4.69, 9.17) is 4.74 Å². The third kappa shape index (κ3) is 5.99. The largest absolute Gasteiger partial charge is 0.500 e. The molecule has 0 saturated heterocycles. The molecular formula is C27H33BrN5O2+. The fourth-order valence-corrected chi connectivity index (χ4v) is 4.81. The van der Waals surface area contributed by atoms with Gasteiger partial charge in [0.05, 0.1) is 30.3 Å². The van der Waals surface area contributed by atoms with Gasteiger partial charge in [-0.2, -0.15) is 0 Å². The van der Waals surface area contributed by atoms with Crippen LogP contribution in [0.15, 0.2) is 40.6 Å². The molecule has 0 spiro atoms. The topological polar surface area (TPSA) is 72.0 Å². The summed E-state index contributed by atoms with van der Waals surface area (Å²) < 4.78 is 10.5. The van der Waals surface area contributed by atoms with Gasteiger partial charge in [0.1, 0.15) is 24.9 Å². The summed E-state index contributed by atoms with van der Waals surface area (Å²) in [6, 6.07) is 9.39. The Labute approximate surface area is 215 Å². The molecule has 1 fully saturated rings. The molecule has 8 heteroatoms. The minimum Gasteiger partial charge on any atom is -0.500 e. The summed E-state index contributed by atoms with van der Waals surface area (Å²) in [5.74, 6) is 1.13. The zero-order chi connectivity index (χ0) is 24.9. The molecular weight excluding hydrogens is 506 g/mol. The first-order valence-electron chi connectivity index (χ1n) is 12.1. The molecule has 7 nitrogen and oxygen atoms in total. The molecule has 0 atom stereocenters. The SMILES string of the molecule is C1CCCC1.COC1=C(c2cc(C(=O)Nc3nc4ccc(Br)cc4n3C)cc(C)n2)C=[N+](C)CC1. The maximum atomic E-state index is 13.0. The predicted octanol–water partition coefficient (Wildman–Crippen LogP) is 5.72. The third-order valence-corrected chi connectivity index (χ3v) is 6.89. The molecule has 5 rings (SSSR count). The zero-order valence-corrected chi connectivity index (χ0v) is 22.5. The van der Waals surface area contributed by atoms with Crippen molar-refractivity contribution in [3.8, 4) is 0 Å². The fourth-order valence-electron chi connectivity index (χ4n) is 4.46. The number of fused-ring (bicyclic) bond motifs is 1. The van der Waals surface area contributed by atoms with E-state index in [0.29, 0.717) is 11.5 Å². The van der Waals surface area contributed by atoms with Crippen molar-refractivity contribution in [1.82, 2.24) is 14.5 Å². The van der Waals surface area contributed by atoms with E-state index in [1.54, 1.807) is 19.2 Å². The number of aryl methyl sites for hydroxylation is 2. The molecule has 0 radical (unpaired) electrons. The van der Waals surface area contributed by atoms with Crippen LogP contribution in [0.2, 0.25) is 0 Å². The summed E-state index contributed by atoms with van der Waals surface area (Å²) in [5.41, 5.74) is 4.65. The average Bonchev–Trinajstić information content (AvgIpc) is 3.52. The van der Waals surface area contributed by atoms with Gasteiger partial charge in [0, 0.05) is 22.8 Å². The molecule has 0 unspecified atom stereocenters. The highest BCUT2D eigenvalue weighted by atomic mass is 79.9. The number of rotatable bonds is 4. The molecule has 1 aromatic carbocycles. The van der Waals surface area contributed by atoms with Crippen LogP contribution in [0.4, 0.5) is 5.95 Å². The van der Waals surface area contributed by atoms with Crippen molar-refractivity contribution in [2.75, 3.05) is 26.0 Å². The van der Waals surface area contributed by atoms with E-state index in [9.17, 15) is 4.79 Å². The van der Waals surface area contributed by atoms with Gasteiger partial charge < -0.3 is 9.30 Å². The Balaban J connectivity index is 0.000000514. The van der Waals surface area contributed by atoms with E-state index in [1.807, 2.05) is 50.0 Å². The van der Waals surface area contributed by atoms with Gasteiger partial charge in [-0.15, -0.1) is 0 Å². The van der Waals surface area contributed by atoms with Crippen molar-refractivity contribution in [3.63, 3.8) is 0 Å². The van der Waals surface area contributed by atoms with Gasteiger partial charge in [-0.1, -0.05) is 48.0 Å². The smallest absolute Gasteiger partial charge is 0.258 e. The molecule has 184 valence electrons. The van der Waals surface area contributed by atoms with Crippen molar-refractivity contribution >= 4 is 50.6 Å². The van der Waals surface area contributed by atoms with E-state index in [0.717, 1.165) is 51.2 Å². The van der Waals surface area contributed by atoms with Gasteiger partial charge in [0.2, 0.25) is 5.95 Å². The number of anilines is 1. The number of amides is 1. The maximum absolute atomic E-state index is 13.0. The lowest BCUT2D eigenvalue weighted by Crippen LogP contribution is -2.19. The lowest BCUT2D eigenvalue weighted by Gasteiger charge is -2.15. The van der Waals surface area contributed by atoms with Crippen molar-refractivity contribution in [1.29, 1.82) is 0 Å². The van der Waals surface area contributed by atoms with Crippen LogP contribution in [0.3, 0.4) is 0 Å². The number of ether oxygens (including phenoxy) is 1. The van der Waals surface area contributed by atoms with Crippen molar-refractivity contribution in [2.24, 2.45) is 7.05 Å². The summed E-state index contributed by atoms with van der Waals surface area (Å²) in [4.78, 5) is 22.2. The number of carbonyl (C=O) groups is 1. The van der Waals surface area contributed by atoms with Crippen LogP contribution in [-0.4, -0.2) is 51.9 Å². The lowest BCUT2D eigenvalue weighted by molar-refractivity contribution is -0.492. The first kappa shape index (κ1) is 25.1. The van der Waals surface area contributed by atoms with Crippen molar-refractivity contribution < 1.29 is 14.1 Å². The van der Waals surface area contributed by atoms with E-state index >= 15 is 0 Å². The van der Waals surface area contributed by atoms with Gasteiger partial charge in [0.25, 0.3) is 5.91 Å². The summed E-state index contributed by atoms with van der Waals surface area (Å²) in [6.07, 6.45) is 10.3. The van der Waals surface area contributed by atoms with Crippen molar-refractivity contribution in [2.45, 2.75) is 45.4 Å². The van der Waals surface area contributed by atoms with E-state index in [1.165, 1.54) is 32.1 Å². The number of halogens is 1. The standard InChI is InChI=1S/C22H22BrN5O2.C5H10/c1-13-9-14(10-18(24-13)16-12-27(2)8-7-20(16)30-4)21(29)26-22-25-17-6-5-15(23)11-19(17)28(22)3;1-2-4-5-3-1/h5-6,9-12H,7-8H2,1-4H3;1-5H2/p+1. The quantitative estimate of drug-likeness (QED) is 0.431. The van der Waals surface area contributed by atoms with Crippen LogP contribution in [0.1, 0.15) is 60.3 Å². The second kappa shape index (κ2) is 11.2. The van der Waals surface area contributed by atoms with Crippen LogP contribution in [0, 0.1) is 6.92 Å². The molecule has 2 aliphatic rings. The number of hydrogen-bond acceptors (Lipinski definition) is 4. The number of imidazole rings is 1. The van der Waals surface area contributed by atoms with Gasteiger partial charge >= 0.3 is 0 Å². The summed E-state index contributed by atoms with van der Waals surface area (Å²) in [6.45, 7) is 2.76. The number of nitrogens with zero attached hydrogens (tertiary/aromatic N) is 4. The Morgan fingerprint density at radius 3 is 2.51 bits per heavy atom. The van der Waals surface area contributed by atoms with E-state index in [-0.39, 0.29) is 5.91 Å². The second-order valence-corrected chi connectivity index (χ2v) is 10.0. The van der Waals surface area contributed by atoms with Gasteiger partial charge in [-0.05, 0) is 37.3 Å². The van der Waals surface area contributed by atoms with Crippen LogP contribution in [0.25, 0.3) is 16.6 Å². The number of methoxy groups -OCH3 is 1. The predicted molar refractivity (Wildman–Crippen MR) is 144 cm³/mol. The molecule has 35 heavy (non-hydrogen) atoms. The molecule has 3 aromatic rings. The first-order valence-corrected chi connectivity index (χ1v) is 12.9. The summed E-state index contributed by atoms with van der Waals surface area (Å²) >= 11 is 3.48. The number of pyridine rings is 1. The highest BCUT2D eigenvalue weighted by molar-refractivity contribution is 9.10. The first-order chi connectivity index (χ1) is 16.9. The minimum atomic E-state index is -0.233. The monoisotopic (exact) mass is 538 g/mol. The zero-order valence-electron chi connectivity index (χ0n) is 20.9. The molecule has 1 saturated carbocycles. The Morgan fingerprint density at radius 2 is 1.83 bits per heavy atom. The number of allylic oxidation sites excluding steroid dienone is 1. The van der Waals surface area contributed by atoms with E-state index in [2.05, 4.69) is 35.8 Å². The highest BCUT2D eigenvalue weighted by Crippen LogP contribution is 2.25. The molecule has 1 aliphatic carbocycles. The number of nitrogens with one attached hydrogen (secondary N) is 1. The van der Waals surface area contributed by atoms with Crippen LogP contribution in [0.5, 0.6) is 0 Å². The third-order valence-electron chi connectivity index (χ3n) is 6.40. The number of carbonyl (C=O) groups excluding carboxylic acids is 1. The van der Waals surface area contributed by atoms with Crippen LogP contribution >= 0.6 is 15.9 Å². The van der Waals surface area contributed by atoms with Crippen LogP contribution < -0.4 is 5.32 Å². The number of benzene rings is 1. The Morgan fingerprint density at radius 1 is 1.11 bits per heavy atom. The van der Waals surface area contributed by atoms with Crippen molar-refractivity contribution in [3.05, 3.63) is 57.5 Å². The summed E-state index contributed by atoms with van der Waals surface area (Å²) in [7, 11) is 5.56. The Kier molecular flexibility index (Phi) is 8.00. The molecule has 0 bridgehead atoms.